The summed E-state index contributed by atoms with van der Waals surface area (Å²) in [6.45, 7) is 1.58. The highest BCUT2D eigenvalue weighted by atomic mass is 16.2. The van der Waals surface area contributed by atoms with Crippen LogP contribution in [0.2, 0.25) is 0 Å². The van der Waals surface area contributed by atoms with Gasteiger partial charge in [0, 0.05) is 37.9 Å². The van der Waals surface area contributed by atoms with Gasteiger partial charge < -0.3 is 13.9 Å². The Morgan fingerprint density at radius 1 is 1.30 bits per heavy atom. The summed E-state index contributed by atoms with van der Waals surface area (Å²) in [5.74, 6) is 0.151. The average molecular weight is 309 g/mol. The summed E-state index contributed by atoms with van der Waals surface area (Å²) < 4.78 is 4.05. The van der Waals surface area contributed by atoms with Crippen molar-refractivity contribution in [2.45, 2.75) is 25.3 Å². The molecule has 0 radical (unpaired) electrons. The Balaban J connectivity index is 1.45. The molecule has 4 rings (SSSR count). The number of hydrogen-bond acceptors (Lipinski definition) is 3. The van der Waals surface area contributed by atoms with Crippen molar-refractivity contribution in [1.82, 2.24) is 23.8 Å². The number of carbonyl (C=O) groups is 1. The third kappa shape index (κ3) is 2.84. The zero-order valence-electron chi connectivity index (χ0n) is 12.9. The number of amides is 1. The molecule has 1 atom stereocenters. The third-order valence-corrected chi connectivity index (χ3v) is 4.44. The van der Waals surface area contributed by atoms with Gasteiger partial charge in [0.15, 0.2) is 0 Å². The van der Waals surface area contributed by atoms with Crippen LogP contribution in [0.4, 0.5) is 0 Å². The standard InChI is InChI=1S/C17H19N5O/c23-17(10-14-11-20-7-2-1-5-16(20)19-14)21-8-3-4-15(12-21)22-9-6-18-13-22/h1-2,5-7,9,11,13,15H,3-4,8,10,12H2/t15-/m0/s1. The lowest BCUT2D eigenvalue weighted by molar-refractivity contribution is -0.132. The maximum absolute atomic E-state index is 12.6. The fourth-order valence-corrected chi connectivity index (χ4v) is 3.25. The number of rotatable bonds is 3. The van der Waals surface area contributed by atoms with Gasteiger partial charge in [-0.1, -0.05) is 6.07 Å². The summed E-state index contributed by atoms with van der Waals surface area (Å²) in [5, 5.41) is 0. The summed E-state index contributed by atoms with van der Waals surface area (Å²) in [7, 11) is 0. The Kier molecular flexibility index (Phi) is 3.57. The van der Waals surface area contributed by atoms with Crippen LogP contribution >= 0.6 is 0 Å². The van der Waals surface area contributed by atoms with Crippen molar-refractivity contribution < 1.29 is 4.79 Å². The van der Waals surface area contributed by atoms with E-state index >= 15 is 0 Å². The van der Waals surface area contributed by atoms with Crippen molar-refractivity contribution >= 4 is 11.6 Å². The lowest BCUT2D eigenvalue weighted by atomic mass is 10.1. The molecule has 1 saturated heterocycles. The van der Waals surface area contributed by atoms with Crippen LogP contribution in [0.1, 0.15) is 24.6 Å². The van der Waals surface area contributed by atoms with Crippen molar-refractivity contribution in [2.75, 3.05) is 13.1 Å². The third-order valence-electron chi connectivity index (χ3n) is 4.44. The van der Waals surface area contributed by atoms with E-state index in [1.165, 1.54) is 0 Å². The minimum Gasteiger partial charge on any atom is -0.340 e. The minimum absolute atomic E-state index is 0.151. The molecule has 1 fully saturated rings. The van der Waals surface area contributed by atoms with Crippen LogP contribution in [0.5, 0.6) is 0 Å². The summed E-state index contributed by atoms with van der Waals surface area (Å²) in [5.41, 5.74) is 1.70. The molecule has 0 unspecified atom stereocenters. The molecule has 0 bridgehead atoms. The molecule has 118 valence electrons. The first-order valence-electron chi connectivity index (χ1n) is 7.97. The van der Waals surface area contributed by atoms with E-state index in [9.17, 15) is 4.79 Å². The van der Waals surface area contributed by atoms with Gasteiger partial charge >= 0.3 is 0 Å². The lowest BCUT2D eigenvalue weighted by Crippen LogP contribution is -2.41. The van der Waals surface area contributed by atoms with Crippen LogP contribution in [0.15, 0.2) is 49.3 Å². The van der Waals surface area contributed by atoms with E-state index in [0.29, 0.717) is 12.5 Å². The number of nitrogens with zero attached hydrogens (tertiary/aromatic N) is 5. The maximum atomic E-state index is 12.6. The molecule has 3 aromatic heterocycles. The fourth-order valence-electron chi connectivity index (χ4n) is 3.25. The molecular formula is C17H19N5O. The summed E-state index contributed by atoms with van der Waals surface area (Å²) >= 11 is 0. The smallest absolute Gasteiger partial charge is 0.228 e. The highest BCUT2D eigenvalue weighted by Crippen LogP contribution is 2.21. The lowest BCUT2D eigenvalue weighted by Gasteiger charge is -2.33. The summed E-state index contributed by atoms with van der Waals surface area (Å²) in [6, 6.07) is 6.19. The van der Waals surface area contributed by atoms with E-state index in [0.717, 1.165) is 37.3 Å². The SMILES string of the molecule is O=C(Cc1cn2ccccc2n1)N1CCC[C@H](n2ccnc2)C1. The number of pyridine rings is 1. The highest BCUT2D eigenvalue weighted by molar-refractivity contribution is 5.78. The van der Waals surface area contributed by atoms with Crippen molar-refractivity contribution in [3.05, 3.63) is 55.0 Å². The highest BCUT2D eigenvalue weighted by Gasteiger charge is 2.24. The van der Waals surface area contributed by atoms with E-state index in [-0.39, 0.29) is 5.91 Å². The molecule has 23 heavy (non-hydrogen) atoms. The zero-order valence-corrected chi connectivity index (χ0v) is 12.9. The zero-order chi connectivity index (χ0) is 15.6. The molecule has 3 aromatic rings. The Morgan fingerprint density at radius 3 is 3.09 bits per heavy atom. The van der Waals surface area contributed by atoms with Crippen molar-refractivity contribution in [3.8, 4) is 0 Å². The van der Waals surface area contributed by atoms with Gasteiger partial charge in [-0.2, -0.15) is 0 Å². The maximum Gasteiger partial charge on any atom is 0.228 e. The Bertz CT molecular complexity index is 774. The van der Waals surface area contributed by atoms with Crippen LogP contribution in [0, 0.1) is 0 Å². The van der Waals surface area contributed by atoms with Crippen LogP contribution in [0.3, 0.4) is 0 Å². The number of likely N-dealkylation sites (tertiary alicyclic amines) is 1. The van der Waals surface area contributed by atoms with Gasteiger partial charge in [-0.05, 0) is 25.0 Å². The molecule has 1 aliphatic heterocycles. The van der Waals surface area contributed by atoms with Crippen molar-refractivity contribution in [3.63, 3.8) is 0 Å². The quantitative estimate of drug-likeness (QED) is 0.743. The average Bonchev–Trinajstić information content (AvgIpc) is 3.24. The molecule has 1 amide bonds. The summed E-state index contributed by atoms with van der Waals surface area (Å²) in [4.78, 5) is 23.2. The number of carbonyl (C=O) groups excluding carboxylic acids is 1. The van der Waals surface area contributed by atoms with E-state index in [2.05, 4.69) is 14.5 Å². The van der Waals surface area contributed by atoms with E-state index in [1.807, 2.05) is 52.4 Å². The largest absolute Gasteiger partial charge is 0.340 e. The molecular weight excluding hydrogens is 290 g/mol. The second kappa shape index (κ2) is 5.87. The van der Waals surface area contributed by atoms with Gasteiger partial charge in [-0.3, -0.25) is 4.79 Å². The first-order valence-corrected chi connectivity index (χ1v) is 7.97. The van der Waals surface area contributed by atoms with Crippen LogP contribution in [-0.2, 0) is 11.2 Å². The number of piperidine rings is 1. The van der Waals surface area contributed by atoms with Gasteiger partial charge in [-0.15, -0.1) is 0 Å². The number of aromatic nitrogens is 4. The predicted molar refractivity (Wildman–Crippen MR) is 86.0 cm³/mol. The summed E-state index contributed by atoms with van der Waals surface area (Å²) in [6.07, 6.45) is 12.0. The minimum atomic E-state index is 0.151. The molecule has 0 N–H and O–H groups in total. The Morgan fingerprint density at radius 2 is 2.26 bits per heavy atom. The molecule has 0 saturated carbocycles. The fraction of sp³-hybridized carbons (Fsp3) is 0.353. The number of fused-ring (bicyclic) bond motifs is 1. The molecule has 6 nitrogen and oxygen atoms in total. The van der Waals surface area contributed by atoms with Gasteiger partial charge in [0.05, 0.1) is 24.5 Å². The molecule has 0 aliphatic carbocycles. The Hall–Kier alpha value is -2.63. The van der Waals surface area contributed by atoms with E-state index in [4.69, 9.17) is 0 Å². The van der Waals surface area contributed by atoms with Crippen LogP contribution < -0.4 is 0 Å². The van der Waals surface area contributed by atoms with Gasteiger partial charge in [0.2, 0.25) is 5.91 Å². The molecule has 0 aromatic carbocycles. The van der Waals surface area contributed by atoms with Gasteiger partial charge in [0.1, 0.15) is 5.65 Å². The van der Waals surface area contributed by atoms with E-state index in [1.54, 1.807) is 6.20 Å². The molecule has 1 aliphatic rings. The van der Waals surface area contributed by atoms with Gasteiger partial charge in [0.25, 0.3) is 0 Å². The van der Waals surface area contributed by atoms with Gasteiger partial charge in [-0.25, -0.2) is 9.97 Å². The molecule has 6 heteroatoms. The first-order chi connectivity index (χ1) is 11.3. The predicted octanol–water partition coefficient (Wildman–Crippen LogP) is 1.94. The second-order valence-electron chi connectivity index (χ2n) is 6.02. The van der Waals surface area contributed by atoms with Crippen LogP contribution in [-0.4, -0.2) is 42.8 Å². The monoisotopic (exact) mass is 309 g/mol. The first kappa shape index (κ1) is 14.0. The van der Waals surface area contributed by atoms with Crippen molar-refractivity contribution in [2.24, 2.45) is 0 Å². The normalized spacial score (nSPS) is 18.4. The molecule has 0 spiro atoms. The number of imidazole rings is 2. The van der Waals surface area contributed by atoms with Crippen LogP contribution in [0.25, 0.3) is 5.65 Å². The second-order valence-corrected chi connectivity index (χ2v) is 6.02. The Labute approximate surface area is 134 Å². The molecule has 4 heterocycles. The van der Waals surface area contributed by atoms with Crippen molar-refractivity contribution in [1.29, 1.82) is 0 Å². The number of hydrogen-bond donors (Lipinski definition) is 0. The topological polar surface area (TPSA) is 55.4 Å². The van der Waals surface area contributed by atoms with E-state index < -0.39 is 0 Å².